The number of carbonyl (C=O) groups is 3. The second-order valence-electron chi connectivity index (χ2n) is 6.66. The van der Waals surface area contributed by atoms with Gasteiger partial charge in [0.15, 0.2) is 11.3 Å². The van der Waals surface area contributed by atoms with E-state index >= 15 is 0 Å². The van der Waals surface area contributed by atoms with E-state index in [1.54, 1.807) is 13.8 Å². The van der Waals surface area contributed by atoms with Crippen LogP contribution in [0.5, 0.6) is 0 Å². The monoisotopic (exact) mass is 502 g/mol. The fraction of sp³-hybridized carbons (Fsp3) is 0.350. The van der Waals surface area contributed by atoms with E-state index in [9.17, 15) is 31.9 Å². The number of nitrogens with one attached hydrogen (secondary N) is 1. The van der Waals surface area contributed by atoms with Crippen LogP contribution in [0.25, 0.3) is 5.65 Å². The lowest BCUT2D eigenvalue weighted by Gasteiger charge is -2.06. The van der Waals surface area contributed by atoms with Crippen LogP contribution in [-0.2, 0) is 9.47 Å². The Bertz CT molecular complexity index is 1260. The fourth-order valence-corrected chi connectivity index (χ4v) is 4.09. The first kappa shape index (κ1) is 25.1. The number of esters is 2. The minimum absolute atomic E-state index is 0.0250. The molecular weight excluding hydrogens is 484 g/mol. The number of carbonyl (C=O) groups excluding carboxylic acids is 3. The van der Waals surface area contributed by atoms with Crippen LogP contribution in [0.4, 0.5) is 22.6 Å². The van der Waals surface area contributed by atoms with Gasteiger partial charge in [-0.1, -0.05) is 0 Å². The summed E-state index contributed by atoms with van der Waals surface area (Å²) in [6.45, 7) is 4.74. The molecule has 0 saturated heterocycles. The molecule has 0 aliphatic rings. The van der Waals surface area contributed by atoms with Crippen LogP contribution < -0.4 is 5.32 Å². The SMILES string of the molecule is CCOC(=O)c1sc(NC(=O)c2cc3nc(C(F)F)cc(C(F)F)n3n2)c(C(=O)OCC)c1C. The molecule has 0 spiro atoms. The van der Waals surface area contributed by atoms with Crippen molar-refractivity contribution in [2.75, 3.05) is 18.5 Å². The Balaban J connectivity index is 2.03. The molecule has 3 aromatic rings. The van der Waals surface area contributed by atoms with E-state index < -0.39 is 53.4 Å². The summed E-state index contributed by atoms with van der Waals surface area (Å²) < 4.78 is 63.4. The number of fused-ring (bicyclic) bond motifs is 1. The van der Waals surface area contributed by atoms with Crippen molar-refractivity contribution in [2.45, 2.75) is 33.6 Å². The molecule has 1 N–H and O–H groups in total. The number of hydrogen-bond donors (Lipinski definition) is 1. The first-order chi connectivity index (χ1) is 16.1. The number of alkyl halides is 4. The predicted octanol–water partition coefficient (Wildman–Crippen LogP) is 4.58. The maximum atomic E-state index is 13.4. The maximum absolute atomic E-state index is 13.4. The Kier molecular flexibility index (Phi) is 7.49. The van der Waals surface area contributed by atoms with Crippen LogP contribution in [0, 0.1) is 6.92 Å². The molecule has 0 aliphatic heterocycles. The van der Waals surface area contributed by atoms with Crippen LogP contribution >= 0.6 is 11.3 Å². The minimum atomic E-state index is -3.17. The molecule has 34 heavy (non-hydrogen) atoms. The lowest BCUT2D eigenvalue weighted by Crippen LogP contribution is -2.15. The molecule has 3 heterocycles. The summed E-state index contributed by atoms with van der Waals surface area (Å²) in [7, 11) is 0. The van der Waals surface area contributed by atoms with Gasteiger partial charge in [-0.05, 0) is 32.4 Å². The summed E-state index contributed by atoms with van der Waals surface area (Å²) in [6.07, 6.45) is -6.28. The zero-order valence-corrected chi connectivity index (χ0v) is 18.8. The van der Waals surface area contributed by atoms with E-state index in [-0.39, 0.29) is 34.2 Å². The van der Waals surface area contributed by atoms with Crippen molar-refractivity contribution in [3.63, 3.8) is 0 Å². The third-order valence-corrected chi connectivity index (χ3v) is 5.66. The topological polar surface area (TPSA) is 112 Å². The molecule has 3 aromatic heterocycles. The van der Waals surface area contributed by atoms with Crippen molar-refractivity contribution >= 4 is 39.8 Å². The van der Waals surface area contributed by atoms with Crippen LogP contribution in [0.2, 0.25) is 0 Å². The summed E-state index contributed by atoms with van der Waals surface area (Å²) in [5, 5.41) is 6.09. The molecule has 0 atom stereocenters. The Morgan fingerprint density at radius 1 is 1.06 bits per heavy atom. The number of halogens is 4. The van der Waals surface area contributed by atoms with Gasteiger partial charge in [0.2, 0.25) is 0 Å². The van der Waals surface area contributed by atoms with Crippen LogP contribution in [0.3, 0.4) is 0 Å². The van der Waals surface area contributed by atoms with E-state index in [4.69, 9.17) is 9.47 Å². The van der Waals surface area contributed by atoms with Gasteiger partial charge >= 0.3 is 11.9 Å². The molecule has 0 aliphatic carbocycles. The van der Waals surface area contributed by atoms with Gasteiger partial charge in [-0.3, -0.25) is 4.79 Å². The molecule has 1 amide bonds. The molecule has 0 radical (unpaired) electrons. The zero-order chi connectivity index (χ0) is 25.2. The Morgan fingerprint density at radius 2 is 1.71 bits per heavy atom. The first-order valence-corrected chi connectivity index (χ1v) is 10.7. The summed E-state index contributed by atoms with van der Waals surface area (Å²) in [4.78, 5) is 41.1. The largest absolute Gasteiger partial charge is 0.462 e. The zero-order valence-electron chi connectivity index (χ0n) is 18.0. The van der Waals surface area contributed by atoms with Crippen molar-refractivity contribution in [1.29, 1.82) is 0 Å². The van der Waals surface area contributed by atoms with E-state index in [2.05, 4.69) is 15.4 Å². The fourth-order valence-electron chi connectivity index (χ4n) is 3.01. The highest BCUT2D eigenvalue weighted by molar-refractivity contribution is 7.18. The van der Waals surface area contributed by atoms with E-state index in [1.807, 2.05) is 0 Å². The maximum Gasteiger partial charge on any atom is 0.348 e. The highest BCUT2D eigenvalue weighted by Gasteiger charge is 2.28. The van der Waals surface area contributed by atoms with Gasteiger partial charge in [0.25, 0.3) is 18.8 Å². The molecule has 0 bridgehead atoms. The number of anilines is 1. The van der Waals surface area contributed by atoms with Crippen molar-refractivity contribution in [1.82, 2.24) is 14.6 Å². The van der Waals surface area contributed by atoms with Crippen LogP contribution in [0.15, 0.2) is 12.1 Å². The van der Waals surface area contributed by atoms with Crippen molar-refractivity contribution in [3.8, 4) is 0 Å². The molecule has 0 aromatic carbocycles. The lowest BCUT2D eigenvalue weighted by molar-refractivity contribution is 0.0527. The number of aromatic nitrogens is 3. The number of thiophene rings is 1. The molecule has 3 rings (SSSR count). The van der Waals surface area contributed by atoms with E-state index in [0.717, 1.165) is 17.4 Å². The normalized spacial score (nSPS) is 11.3. The third-order valence-electron chi connectivity index (χ3n) is 4.47. The highest BCUT2D eigenvalue weighted by atomic mass is 32.1. The highest BCUT2D eigenvalue weighted by Crippen LogP contribution is 2.35. The Hall–Kier alpha value is -3.55. The number of ether oxygens (including phenoxy) is 2. The van der Waals surface area contributed by atoms with Crippen molar-refractivity contribution < 1.29 is 41.4 Å². The molecular formula is C20H18F4N4O5S. The van der Waals surface area contributed by atoms with Gasteiger partial charge < -0.3 is 14.8 Å². The minimum Gasteiger partial charge on any atom is -0.462 e. The van der Waals surface area contributed by atoms with Crippen molar-refractivity contribution in [3.05, 3.63) is 45.2 Å². The standard InChI is InChI=1S/C20H18F4N4O5S/c1-4-32-19(30)13-8(3)14(20(31)33-5-2)34-18(13)26-17(29)10-7-12-25-9(15(21)22)6-11(16(23)24)28(12)27-10/h6-7,15-16H,4-5H2,1-3H3,(H,26,29). The summed E-state index contributed by atoms with van der Waals surface area (Å²) in [6, 6.07) is 1.45. The van der Waals surface area contributed by atoms with Gasteiger partial charge in [-0.15, -0.1) is 11.3 Å². The Morgan fingerprint density at radius 3 is 2.29 bits per heavy atom. The van der Waals surface area contributed by atoms with Gasteiger partial charge in [0.05, 0.1) is 18.8 Å². The lowest BCUT2D eigenvalue weighted by atomic mass is 10.1. The summed E-state index contributed by atoms with van der Waals surface area (Å²) in [5.74, 6) is -2.47. The number of nitrogens with zero attached hydrogens (tertiary/aromatic N) is 3. The van der Waals surface area contributed by atoms with Crippen LogP contribution in [-0.4, -0.2) is 45.7 Å². The molecule has 182 valence electrons. The smallest absolute Gasteiger partial charge is 0.348 e. The van der Waals surface area contributed by atoms with Gasteiger partial charge in [-0.25, -0.2) is 36.7 Å². The van der Waals surface area contributed by atoms with Gasteiger partial charge in [0.1, 0.15) is 21.3 Å². The number of rotatable bonds is 8. The summed E-state index contributed by atoms with van der Waals surface area (Å²) >= 11 is 0.756. The molecule has 0 fully saturated rings. The quantitative estimate of drug-likeness (QED) is 0.354. The Labute approximate surface area is 193 Å². The average Bonchev–Trinajstić information content (AvgIpc) is 3.34. The molecule has 9 nitrogen and oxygen atoms in total. The number of hydrogen-bond acceptors (Lipinski definition) is 8. The predicted molar refractivity (Wildman–Crippen MR) is 112 cm³/mol. The second kappa shape index (κ2) is 10.2. The van der Waals surface area contributed by atoms with Gasteiger partial charge in [-0.2, -0.15) is 5.10 Å². The number of amides is 1. The van der Waals surface area contributed by atoms with E-state index in [1.165, 1.54) is 6.92 Å². The first-order valence-electron chi connectivity index (χ1n) is 9.84. The van der Waals surface area contributed by atoms with Gasteiger partial charge in [0, 0.05) is 6.07 Å². The van der Waals surface area contributed by atoms with E-state index in [0.29, 0.717) is 10.6 Å². The molecule has 0 unspecified atom stereocenters. The third kappa shape index (κ3) is 4.85. The van der Waals surface area contributed by atoms with Crippen molar-refractivity contribution in [2.24, 2.45) is 0 Å². The molecule has 14 heteroatoms. The average molecular weight is 502 g/mol. The van der Waals surface area contributed by atoms with Crippen LogP contribution in [0.1, 0.15) is 74.2 Å². The second-order valence-corrected chi connectivity index (χ2v) is 7.68. The molecule has 0 saturated carbocycles. The summed E-state index contributed by atoms with van der Waals surface area (Å²) in [5.41, 5.74) is -2.46.